The Hall–Kier alpha value is -1.75. The Morgan fingerprint density at radius 3 is 2.30 bits per heavy atom. The summed E-state index contributed by atoms with van der Waals surface area (Å²) in [6, 6.07) is 17.7. The highest BCUT2D eigenvalue weighted by molar-refractivity contribution is 5.29. The van der Waals surface area contributed by atoms with Crippen LogP contribution < -0.4 is 0 Å². The van der Waals surface area contributed by atoms with Gasteiger partial charge in [0.25, 0.3) is 0 Å². The van der Waals surface area contributed by atoms with Gasteiger partial charge in [-0.1, -0.05) is 67.8 Å². The average molecular weight is 411 g/mol. The molecule has 0 aromatic heterocycles. The zero-order chi connectivity index (χ0) is 21.2. The third-order valence-electron chi connectivity index (χ3n) is 7.40. The van der Waals surface area contributed by atoms with E-state index in [9.17, 15) is 9.50 Å². The van der Waals surface area contributed by atoms with Crippen LogP contribution in [0.3, 0.4) is 0 Å². The van der Waals surface area contributed by atoms with Crippen LogP contribution in [-0.4, -0.2) is 48.6 Å². The van der Waals surface area contributed by atoms with Gasteiger partial charge in [-0.3, -0.25) is 4.90 Å². The zero-order valence-corrected chi connectivity index (χ0v) is 18.4. The summed E-state index contributed by atoms with van der Waals surface area (Å²) in [6.07, 6.45) is 6.64. The minimum Gasteiger partial charge on any atom is -0.385 e. The molecule has 0 bridgehead atoms. The number of halogens is 1. The van der Waals surface area contributed by atoms with E-state index < -0.39 is 5.60 Å². The summed E-state index contributed by atoms with van der Waals surface area (Å²) < 4.78 is 14.7. The molecule has 1 saturated heterocycles. The van der Waals surface area contributed by atoms with E-state index in [1.807, 2.05) is 20.2 Å². The molecule has 2 aromatic carbocycles. The van der Waals surface area contributed by atoms with E-state index in [2.05, 4.69) is 40.1 Å². The third kappa shape index (κ3) is 3.93. The van der Waals surface area contributed by atoms with Gasteiger partial charge in [0.2, 0.25) is 0 Å². The third-order valence-corrected chi connectivity index (χ3v) is 7.40. The standard InChI is InChI=1S/C26H35FN2O/c1-28(2)19-22-20-29(18-17-26(22,30)23-13-7-8-14-24(23)27)25(15-9-4-10-16-25)21-11-5-3-6-12-21/h3,5-8,11-14,22,30H,4,9-10,15-20H2,1-2H3. The van der Waals surface area contributed by atoms with E-state index in [1.54, 1.807) is 12.1 Å². The second-order valence-electron chi connectivity index (χ2n) is 9.52. The molecule has 1 aliphatic heterocycles. The van der Waals surface area contributed by atoms with Crippen molar-refractivity contribution >= 4 is 0 Å². The Bertz CT molecular complexity index is 834. The fourth-order valence-corrected chi connectivity index (χ4v) is 5.90. The smallest absolute Gasteiger partial charge is 0.129 e. The molecule has 2 aromatic rings. The maximum Gasteiger partial charge on any atom is 0.129 e. The summed E-state index contributed by atoms with van der Waals surface area (Å²) in [4.78, 5) is 4.74. The van der Waals surface area contributed by atoms with Crippen molar-refractivity contribution in [3.8, 4) is 0 Å². The number of benzene rings is 2. The summed E-state index contributed by atoms with van der Waals surface area (Å²) in [5.41, 5.74) is 0.734. The minimum absolute atomic E-state index is 0.0284. The molecule has 2 unspecified atom stereocenters. The van der Waals surface area contributed by atoms with E-state index >= 15 is 0 Å². The molecular weight excluding hydrogens is 375 g/mol. The molecule has 0 spiro atoms. The lowest BCUT2D eigenvalue weighted by molar-refractivity contribution is -0.116. The van der Waals surface area contributed by atoms with Crippen molar-refractivity contribution in [2.24, 2.45) is 5.92 Å². The molecule has 30 heavy (non-hydrogen) atoms. The van der Waals surface area contributed by atoms with Crippen LogP contribution in [0.2, 0.25) is 0 Å². The van der Waals surface area contributed by atoms with Crippen molar-refractivity contribution in [2.45, 2.75) is 49.7 Å². The van der Waals surface area contributed by atoms with E-state index in [0.717, 1.165) is 32.5 Å². The van der Waals surface area contributed by atoms with Gasteiger partial charge in [-0.15, -0.1) is 0 Å². The highest BCUT2D eigenvalue weighted by atomic mass is 19.1. The molecule has 162 valence electrons. The summed E-state index contributed by atoms with van der Waals surface area (Å²) in [6.45, 7) is 2.29. The maximum atomic E-state index is 14.7. The first kappa shape index (κ1) is 21.5. The summed E-state index contributed by atoms with van der Waals surface area (Å²) in [7, 11) is 4.07. The van der Waals surface area contributed by atoms with Crippen LogP contribution in [0, 0.1) is 11.7 Å². The second kappa shape index (κ2) is 8.78. The van der Waals surface area contributed by atoms with Crippen molar-refractivity contribution in [3.63, 3.8) is 0 Å². The average Bonchev–Trinajstić information content (AvgIpc) is 2.76. The predicted octanol–water partition coefficient (Wildman–Crippen LogP) is 4.76. The van der Waals surface area contributed by atoms with Gasteiger partial charge in [0.15, 0.2) is 0 Å². The highest BCUT2D eigenvalue weighted by Gasteiger charge is 2.49. The quantitative estimate of drug-likeness (QED) is 0.770. The van der Waals surface area contributed by atoms with E-state index in [0.29, 0.717) is 12.0 Å². The topological polar surface area (TPSA) is 26.7 Å². The van der Waals surface area contributed by atoms with Gasteiger partial charge < -0.3 is 10.0 Å². The molecule has 4 rings (SSSR count). The molecule has 1 heterocycles. The molecule has 1 N–H and O–H groups in total. The van der Waals surface area contributed by atoms with E-state index in [4.69, 9.17) is 0 Å². The van der Waals surface area contributed by atoms with Gasteiger partial charge in [0.05, 0.1) is 5.60 Å². The van der Waals surface area contributed by atoms with Crippen LogP contribution in [-0.2, 0) is 11.1 Å². The van der Waals surface area contributed by atoms with Crippen LogP contribution in [0.1, 0.15) is 49.7 Å². The summed E-state index contributed by atoms with van der Waals surface area (Å²) in [5.74, 6) is -0.353. The van der Waals surface area contributed by atoms with Crippen molar-refractivity contribution in [3.05, 3.63) is 71.5 Å². The van der Waals surface area contributed by atoms with Gasteiger partial charge >= 0.3 is 0 Å². The van der Waals surface area contributed by atoms with E-state index in [-0.39, 0.29) is 17.3 Å². The molecule has 0 amide bonds. The van der Waals surface area contributed by atoms with E-state index in [1.165, 1.54) is 30.9 Å². The van der Waals surface area contributed by atoms with Crippen LogP contribution in [0.5, 0.6) is 0 Å². The molecular formula is C26H35FN2O. The summed E-state index contributed by atoms with van der Waals surface area (Å²) in [5, 5.41) is 11.8. The number of hydrogen-bond donors (Lipinski definition) is 1. The Balaban J connectivity index is 1.69. The fourth-order valence-electron chi connectivity index (χ4n) is 5.90. The number of rotatable bonds is 5. The van der Waals surface area contributed by atoms with Crippen LogP contribution in [0.15, 0.2) is 54.6 Å². The number of hydrogen-bond acceptors (Lipinski definition) is 3. The minimum atomic E-state index is -1.14. The van der Waals surface area contributed by atoms with Gasteiger partial charge in [0.1, 0.15) is 5.82 Å². The van der Waals surface area contributed by atoms with Crippen LogP contribution in [0.25, 0.3) is 0 Å². The lowest BCUT2D eigenvalue weighted by Gasteiger charge is -2.54. The van der Waals surface area contributed by atoms with Crippen molar-refractivity contribution < 1.29 is 9.50 Å². The molecule has 0 radical (unpaired) electrons. The number of aliphatic hydroxyl groups is 1. The van der Waals surface area contributed by atoms with Crippen molar-refractivity contribution in [1.82, 2.24) is 9.80 Å². The molecule has 4 heteroatoms. The monoisotopic (exact) mass is 410 g/mol. The van der Waals surface area contributed by atoms with Gasteiger partial charge in [-0.2, -0.15) is 0 Å². The lowest BCUT2D eigenvalue weighted by Crippen LogP contribution is -2.59. The van der Waals surface area contributed by atoms with Gasteiger partial charge in [-0.25, -0.2) is 4.39 Å². The Labute approximate surface area is 180 Å². The number of likely N-dealkylation sites (tertiary alicyclic amines) is 1. The van der Waals surface area contributed by atoms with Gasteiger partial charge in [-0.05, 0) is 45.0 Å². The molecule has 2 atom stereocenters. The molecule has 3 nitrogen and oxygen atoms in total. The number of piperidine rings is 1. The van der Waals surface area contributed by atoms with Crippen LogP contribution >= 0.6 is 0 Å². The first-order chi connectivity index (χ1) is 14.5. The molecule has 1 saturated carbocycles. The van der Waals surface area contributed by atoms with Crippen molar-refractivity contribution in [1.29, 1.82) is 0 Å². The van der Waals surface area contributed by atoms with Gasteiger partial charge in [0, 0.05) is 36.7 Å². The second-order valence-corrected chi connectivity index (χ2v) is 9.52. The SMILES string of the molecule is CN(C)CC1CN(C2(c3ccccc3)CCCCC2)CCC1(O)c1ccccc1F. The van der Waals surface area contributed by atoms with Crippen molar-refractivity contribution in [2.75, 3.05) is 33.7 Å². The highest BCUT2D eigenvalue weighted by Crippen LogP contribution is 2.47. The van der Waals surface area contributed by atoms with Crippen LogP contribution in [0.4, 0.5) is 4.39 Å². The summed E-state index contributed by atoms with van der Waals surface area (Å²) >= 11 is 0. The predicted molar refractivity (Wildman–Crippen MR) is 120 cm³/mol. The molecule has 1 aliphatic carbocycles. The Morgan fingerprint density at radius 2 is 1.63 bits per heavy atom. The normalized spacial score (nSPS) is 27.3. The first-order valence-corrected chi connectivity index (χ1v) is 11.4. The fraction of sp³-hybridized carbons (Fsp3) is 0.538. The largest absolute Gasteiger partial charge is 0.385 e. The Kier molecular flexibility index (Phi) is 6.29. The Morgan fingerprint density at radius 1 is 0.967 bits per heavy atom. The molecule has 2 aliphatic rings. The number of nitrogens with zero attached hydrogens (tertiary/aromatic N) is 2. The first-order valence-electron chi connectivity index (χ1n) is 11.4. The zero-order valence-electron chi connectivity index (χ0n) is 18.4. The maximum absolute atomic E-state index is 14.7. The molecule has 2 fully saturated rings. The lowest BCUT2D eigenvalue weighted by atomic mass is 9.70.